The van der Waals surface area contributed by atoms with Crippen LogP contribution in [-0.2, 0) is 12.8 Å². The van der Waals surface area contributed by atoms with Gasteiger partial charge in [0.15, 0.2) is 0 Å². The van der Waals surface area contributed by atoms with E-state index in [1.54, 1.807) is 0 Å². The third kappa shape index (κ3) is 3.51. The third-order valence-electron chi connectivity index (χ3n) is 9.04. The summed E-state index contributed by atoms with van der Waals surface area (Å²) in [5, 5.41) is 2.48. The second-order valence-electron chi connectivity index (χ2n) is 10.8. The predicted molar refractivity (Wildman–Crippen MR) is 164 cm³/mol. The van der Waals surface area contributed by atoms with Crippen LogP contribution in [0.1, 0.15) is 88.0 Å². The summed E-state index contributed by atoms with van der Waals surface area (Å²) in [6.07, 6.45) is 13.2. The van der Waals surface area contributed by atoms with Crippen molar-refractivity contribution in [3.05, 3.63) is 78.0 Å². The van der Waals surface area contributed by atoms with Crippen LogP contribution in [0.3, 0.4) is 0 Å². The summed E-state index contributed by atoms with van der Waals surface area (Å²) in [6.45, 7) is 18.0. The molecule has 6 heterocycles. The molecule has 0 spiro atoms. The number of fused-ring (bicyclic) bond motifs is 2. The molecule has 6 heteroatoms. The van der Waals surface area contributed by atoms with Gasteiger partial charge in [-0.2, -0.15) is 0 Å². The van der Waals surface area contributed by atoms with Crippen LogP contribution in [0.5, 0.6) is 0 Å². The van der Waals surface area contributed by atoms with Crippen molar-refractivity contribution < 1.29 is 0 Å². The Balaban J connectivity index is 1.90. The zero-order valence-electron chi connectivity index (χ0n) is 23.9. The molecule has 2 aromatic heterocycles. The summed E-state index contributed by atoms with van der Waals surface area (Å²) in [7, 11) is 7.90. The molecule has 0 unspecified atom stereocenters. The molecule has 194 valence electrons. The van der Waals surface area contributed by atoms with E-state index in [4.69, 9.17) is 18.3 Å². The van der Waals surface area contributed by atoms with Crippen molar-refractivity contribution in [1.29, 1.82) is 0 Å². The summed E-state index contributed by atoms with van der Waals surface area (Å²) in [4.78, 5) is 10.5. The third-order valence-corrected chi connectivity index (χ3v) is 20.1. The van der Waals surface area contributed by atoms with Gasteiger partial charge in [-0.05, 0) is 0 Å². The molecule has 6 rings (SSSR count). The summed E-state index contributed by atoms with van der Waals surface area (Å²) in [5.41, 5.74) is 17.5. The maximum atomic E-state index is 7.90. The Kier molecular flexibility index (Phi) is 6.50. The molecule has 0 aliphatic carbocycles. The minimum atomic E-state index is -3.41. The van der Waals surface area contributed by atoms with E-state index in [1.807, 2.05) is 0 Å². The van der Waals surface area contributed by atoms with Crippen LogP contribution in [-0.4, -0.2) is 38.3 Å². The molecule has 4 nitrogen and oxygen atoms in total. The zero-order valence-corrected chi connectivity index (χ0v) is 29.1. The van der Waals surface area contributed by atoms with E-state index in [0.29, 0.717) is 0 Å². The second kappa shape index (κ2) is 9.47. The molecule has 6 bridgehead atoms. The van der Waals surface area contributed by atoms with E-state index >= 15 is 0 Å². The van der Waals surface area contributed by atoms with Gasteiger partial charge in [0.05, 0.1) is 0 Å². The van der Waals surface area contributed by atoms with Crippen molar-refractivity contribution >= 4 is 66.1 Å². The molecule has 0 amide bonds. The van der Waals surface area contributed by atoms with Gasteiger partial charge in [0, 0.05) is 0 Å². The molecule has 2 aromatic rings. The number of hydrogen-bond donors (Lipinski definition) is 0. The first kappa shape index (κ1) is 26.1. The number of halogens is 1. The van der Waals surface area contributed by atoms with E-state index in [9.17, 15) is 0 Å². The van der Waals surface area contributed by atoms with Gasteiger partial charge in [0.25, 0.3) is 0 Å². The Morgan fingerprint density at radius 1 is 0.632 bits per heavy atom. The molecule has 0 N–H and O–H groups in total. The van der Waals surface area contributed by atoms with Gasteiger partial charge in [0.1, 0.15) is 0 Å². The van der Waals surface area contributed by atoms with Crippen LogP contribution in [0.15, 0.2) is 43.7 Å². The Morgan fingerprint density at radius 3 is 1.92 bits per heavy atom. The molecular weight excluding hydrogens is 680 g/mol. The summed E-state index contributed by atoms with van der Waals surface area (Å²) in [6, 6.07) is 0. The van der Waals surface area contributed by atoms with Gasteiger partial charge < -0.3 is 0 Å². The van der Waals surface area contributed by atoms with E-state index in [1.165, 1.54) is 66.6 Å². The Morgan fingerprint density at radius 2 is 1.26 bits per heavy atom. The molecule has 0 saturated heterocycles. The molecular formula is C32H36ClN4Tl. The molecule has 0 atom stereocenters. The van der Waals surface area contributed by atoms with Crippen LogP contribution in [0.2, 0.25) is 0 Å². The normalized spacial score (nSPS) is 17.8. The van der Waals surface area contributed by atoms with Crippen LogP contribution >= 0.6 is 8.32 Å². The summed E-state index contributed by atoms with van der Waals surface area (Å²) >= 11 is -3.41. The van der Waals surface area contributed by atoms with E-state index in [-0.39, 0.29) is 0 Å². The fourth-order valence-electron chi connectivity index (χ4n) is 6.93. The van der Waals surface area contributed by atoms with Gasteiger partial charge >= 0.3 is 240 Å². The molecule has 0 saturated carbocycles. The van der Waals surface area contributed by atoms with Gasteiger partial charge in [-0.25, -0.2) is 0 Å². The molecule has 38 heavy (non-hydrogen) atoms. The van der Waals surface area contributed by atoms with Crippen LogP contribution in [0.4, 0.5) is 0 Å². The number of allylic oxidation sites excluding steroid dienone is 4. The molecule has 4 aliphatic rings. The molecule has 4 aliphatic heterocycles. The van der Waals surface area contributed by atoms with Crippen molar-refractivity contribution in [1.82, 2.24) is 4.75 Å². The molecule has 0 fully saturated rings. The number of aromatic nitrogens is 2. The van der Waals surface area contributed by atoms with E-state index < -0.39 is 22.1 Å². The topological polar surface area (TPSA) is 34.6 Å². The second-order valence-corrected chi connectivity index (χ2v) is 20.6. The Hall–Kier alpha value is -2.19. The predicted octanol–water partition coefficient (Wildman–Crippen LogP) is 6.28. The first-order valence-electron chi connectivity index (χ1n) is 14.1. The van der Waals surface area contributed by atoms with Crippen LogP contribution in [0.25, 0.3) is 24.3 Å². The standard InChI is InChI=1S/C32H36N4.ClH.Tl/c1-9-21-17(5)25-14-30-23(11-3)19(7)27(35-30)16-32-24(12-4)20(8)28(36-32)15-31-22(10-2)18(6)26(34-31)13-29(21)33-25;;/h13-16H,9-12H2,1-8H3;1H;/q-2;;+3/p-1. The zero-order chi connectivity index (χ0) is 27.0. The van der Waals surface area contributed by atoms with Crippen molar-refractivity contribution in [2.45, 2.75) is 81.1 Å². The fraction of sp³-hybridized carbons (Fsp3) is 0.375. The maximum absolute atomic E-state index is 7.90. The van der Waals surface area contributed by atoms with Gasteiger partial charge in [-0.3, -0.25) is 0 Å². The monoisotopic (exact) mass is 716 g/mol. The van der Waals surface area contributed by atoms with Gasteiger partial charge in [-0.1, -0.05) is 0 Å². The van der Waals surface area contributed by atoms with Crippen molar-refractivity contribution in [3.63, 3.8) is 0 Å². The first-order valence-corrected chi connectivity index (χ1v) is 23.6. The quantitative estimate of drug-likeness (QED) is 0.334. The number of hydrogen-bond acceptors (Lipinski definition) is 2. The minimum absolute atomic E-state index is 0.957. The summed E-state index contributed by atoms with van der Waals surface area (Å²) < 4.78 is 5.12. The Bertz CT molecular complexity index is 1750. The van der Waals surface area contributed by atoms with Crippen molar-refractivity contribution in [3.8, 4) is 0 Å². The number of rotatable bonds is 4. The number of nitrogens with zero attached hydrogens (tertiary/aromatic N) is 4. The van der Waals surface area contributed by atoms with E-state index in [0.717, 1.165) is 48.5 Å². The SMILES string of the molecule is CCC1=C(C)C2=NC1=Cc1c(C)c(CC)c3[n]1[Tl]([Cl])[n]1c(c(C)c(CC)c1=C2)=CC1=NC(=C3)C(C)=C1CC. The number of aliphatic imine (C=N–C) groups is 2. The van der Waals surface area contributed by atoms with Crippen molar-refractivity contribution in [2.75, 3.05) is 0 Å². The van der Waals surface area contributed by atoms with E-state index in [2.05, 4.69) is 84.4 Å². The van der Waals surface area contributed by atoms with Gasteiger partial charge in [-0.15, -0.1) is 0 Å². The van der Waals surface area contributed by atoms with Crippen molar-refractivity contribution in [2.24, 2.45) is 9.98 Å². The molecule has 0 aromatic carbocycles. The van der Waals surface area contributed by atoms with Crippen LogP contribution < -0.4 is 10.7 Å². The summed E-state index contributed by atoms with van der Waals surface area (Å²) in [5.74, 6) is 0. The van der Waals surface area contributed by atoms with Gasteiger partial charge in [0.2, 0.25) is 0 Å². The average molecular weight is 717 g/mol. The first-order chi connectivity index (χ1) is 18.2. The fourth-order valence-corrected chi connectivity index (χ4v) is 19.0. The van der Waals surface area contributed by atoms with Crippen LogP contribution in [0, 0.1) is 13.8 Å². The Labute approximate surface area is 238 Å². The average Bonchev–Trinajstić information content (AvgIpc) is 3.53. The molecule has 0 radical (unpaired) electrons.